The van der Waals surface area contributed by atoms with Crippen molar-refractivity contribution in [1.82, 2.24) is 9.97 Å². The van der Waals surface area contributed by atoms with Crippen molar-refractivity contribution in [3.05, 3.63) is 47.9 Å². The second kappa shape index (κ2) is 5.92. The number of nitrogens with zero attached hydrogens (tertiary/aromatic N) is 2. The zero-order valence-corrected chi connectivity index (χ0v) is 11.1. The molecule has 1 aromatic heterocycles. The summed E-state index contributed by atoms with van der Waals surface area (Å²) in [7, 11) is 1.15. The van der Waals surface area contributed by atoms with E-state index in [0.29, 0.717) is 5.56 Å². The van der Waals surface area contributed by atoms with Gasteiger partial charge in [-0.05, 0) is 0 Å². The van der Waals surface area contributed by atoms with Crippen molar-refractivity contribution in [1.29, 1.82) is 0 Å². The molecule has 0 saturated heterocycles. The lowest BCUT2D eigenvalue weighted by molar-refractivity contribution is -0.0728. The van der Waals surface area contributed by atoms with Crippen molar-refractivity contribution in [2.24, 2.45) is 0 Å². The Hall–Kier alpha value is -2.41. The Bertz CT molecular complexity index is 648. The number of carboxylic acids is 1. The molecule has 110 valence electrons. The zero-order chi connectivity index (χ0) is 15.5. The van der Waals surface area contributed by atoms with Crippen LogP contribution in [0.25, 0.3) is 11.3 Å². The molecule has 0 radical (unpaired) electrons. The van der Waals surface area contributed by atoms with Crippen LogP contribution >= 0.6 is 0 Å². The first-order valence-electron chi connectivity index (χ1n) is 5.98. The maximum absolute atomic E-state index is 14.1. The first-order chi connectivity index (χ1) is 9.95. The van der Waals surface area contributed by atoms with Gasteiger partial charge < -0.3 is 9.84 Å². The van der Waals surface area contributed by atoms with Crippen molar-refractivity contribution >= 4 is 5.97 Å². The second-order valence-electron chi connectivity index (χ2n) is 4.26. The second-order valence-corrected chi connectivity index (χ2v) is 4.26. The third kappa shape index (κ3) is 3.19. The van der Waals surface area contributed by atoms with Gasteiger partial charge in [0.2, 0.25) is 0 Å². The standard InChI is InChI=1S/C14H12F2N2O3/c1-21-8-14(15,16)12-11(9-5-3-2-4-6-9)18-10(7-17-12)13(19)20/h2-7H,8H2,1H3,(H,19,20). The monoisotopic (exact) mass is 294 g/mol. The maximum atomic E-state index is 14.1. The Labute approximate surface area is 119 Å². The fraction of sp³-hybridized carbons (Fsp3) is 0.214. The number of benzene rings is 1. The van der Waals surface area contributed by atoms with E-state index in [0.717, 1.165) is 13.3 Å². The summed E-state index contributed by atoms with van der Waals surface area (Å²) < 4.78 is 32.6. The van der Waals surface area contributed by atoms with Gasteiger partial charge in [-0.15, -0.1) is 0 Å². The predicted molar refractivity (Wildman–Crippen MR) is 70.2 cm³/mol. The number of aromatic carboxylic acids is 1. The highest BCUT2D eigenvalue weighted by atomic mass is 19.3. The fourth-order valence-corrected chi connectivity index (χ4v) is 1.81. The van der Waals surface area contributed by atoms with Crippen LogP contribution in [0.15, 0.2) is 36.5 Å². The molecule has 0 unspecified atom stereocenters. The van der Waals surface area contributed by atoms with Crippen molar-refractivity contribution in [2.45, 2.75) is 5.92 Å². The van der Waals surface area contributed by atoms with Gasteiger partial charge in [-0.3, -0.25) is 4.98 Å². The number of hydrogen-bond acceptors (Lipinski definition) is 4. The number of methoxy groups -OCH3 is 1. The predicted octanol–water partition coefficient (Wildman–Crippen LogP) is 2.58. The molecule has 2 rings (SSSR count). The molecule has 21 heavy (non-hydrogen) atoms. The van der Waals surface area contributed by atoms with Crippen LogP contribution in [0.3, 0.4) is 0 Å². The van der Waals surface area contributed by atoms with Gasteiger partial charge in [-0.25, -0.2) is 9.78 Å². The topological polar surface area (TPSA) is 72.3 Å². The van der Waals surface area contributed by atoms with Crippen LogP contribution in [0.1, 0.15) is 16.2 Å². The lowest BCUT2D eigenvalue weighted by atomic mass is 10.1. The third-order valence-electron chi connectivity index (χ3n) is 2.71. The number of carbonyl (C=O) groups is 1. The van der Waals surface area contributed by atoms with Crippen LogP contribution in [0.4, 0.5) is 8.78 Å². The molecule has 0 saturated carbocycles. The van der Waals surface area contributed by atoms with Gasteiger partial charge >= 0.3 is 11.9 Å². The maximum Gasteiger partial charge on any atom is 0.356 e. The zero-order valence-electron chi connectivity index (χ0n) is 11.1. The molecule has 0 aliphatic heterocycles. The van der Waals surface area contributed by atoms with Crippen molar-refractivity contribution in [3.63, 3.8) is 0 Å². The van der Waals surface area contributed by atoms with Gasteiger partial charge in [-0.2, -0.15) is 8.78 Å². The smallest absolute Gasteiger partial charge is 0.356 e. The molecule has 5 nitrogen and oxygen atoms in total. The summed E-state index contributed by atoms with van der Waals surface area (Å²) in [5.41, 5.74) is -0.817. The molecule has 1 aromatic carbocycles. The Kier molecular flexibility index (Phi) is 4.23. The SMILES string of the molecule is COCC(F)(F)c1ncc(C(=O)O)nc1-c1ccccc1. The van der Waals surface area contributed by atoms with Gasteiger partial charge in [-0.1, -0.05) is 30.3 Å². The van der Waals surface area contributed by atoms with Crippen molar-refractivity contribution in [2.75, 3.05) is 13.7 Å². The van der Waals surface area contributed by atoms with E-state index in [1.54, 1.807) is 30.3 Å². The summed E-state index contributed by atoms with van der Waals surface area (Å²) in [5.74, 6) is -4.70. The fourth-order valence-electron chi connectivity index (χ4n) is 1.81. The molecule has 0 bridgehead atoms. The van der Waals surface area contributed by atoms with Gasteiger partial charge in [0.25, 0.3) is 0 Å². The summed E-state index contributed by atoms with van der Waals surface area (Å²) >= 11 is 0. The minimum absolute atomic E-state index is 0.169. The van der Waals surface area contributed by atoms with Crippen molar-refractivity contribution in [3.8, 4) is 11.3 Å². The average Bonchev–Trinajstić information content (AvgIpc) is 2.47. The molecule has 0 amide bonds. The molecule has 1 N–H and O–H groups in total. The largest absolute Gasteiger partial charge is 0.476 e. The number of carboxylic acid groups (broad SMARTS) is 1. The minimum Gasteiger partial charge on any atom is -0.476 e. The number of halogens is 2. The van der Waals surface area contributed by atoms with E-state index in [9.17, 15) is 13.6 Å². The Morgan fingerprint density at radius 3 is 2.57 bits per heavy atom. The quantitative estimate of drug-likeness (QED) is 0.917. The minimum atomic E-state index is -3.37. The normalized spacial score (nSPS) is 11.4. The summed E-state index contributed by atoms with van der Waals surface area (Å²) in [6.45, 7) is -0.867. The molecule has 0 spiro atoms. The third-order valence-corrected chi connectivity index (χ3v) is 2.71. The number of aromatic nitrogens is 2. The van der Waals surface area contributed by atoms with Crippen LogP contribution in [0.5, 0.6) is 0 Å². The highest BCUT2D eigenvalue weighted by molar-refractivity contribution is 5.85. The molecule has 7 heteroatoms. The Balaban J connectivity index is 2.63. The molecule has 0 aliphatic carbocycles. The molecule has 1 heterocycles. The number of rotatable bonds is 5. The highest BCUT2D eigenvalue weighted by Crippen LogP contribution is 2.33. The highest BCUT2D eigenvalue weighted by Gasteiger charge is 2.37. The van der Waals surface area contributed by atoms with Gasteiger partial charge in [0.05, 0.1) is 11.9 Å². The number of hydrogen-bond donors (Lipinski definition) is 1. The van der Waals surface area contributed by atoms with Crippen molar-refractivity contribution < 1.29 is 23.4 Å². The molecule has 0 aliphatic rings. The van der Waals surface area contributed by atoms with E-state index >= 15 is 0 Å². The van der Waals surface area contributed by atoms with Crippen LogP contribution in [0.2, 0.25) is 0 Å². The van der Waals surface area contributed by atoms with Crippen LogP contribution in [-0.2, 0) is 10.7 Å². The summed E-state index contributed by atoms with van der Waals surface area (Å²) in [5, 5.41) is 8.94. The van der Waals surface area contributed by atoms with E-state index < -0.39 is 29.9 Å². The first kappa shape index (κ1) is 15.0. The van der Waals surface area contributed by atoms with E-state index in [1.807, 2.05) is 0 Å². The van der Waals surface area contributed by atoms with E-state index in [-0.39, 0.29) is 5.69 Å². The lowest BCUT2D eigenvalue weighted by Gasteiger charge is -2.17. The summed E-state index contributed by atoms with van der Waals surface area (Å²) in [4.78, 5) is 18.3. The Morgan fingerprint density at radius 1 is 1.33 bits per heavy atom. The van der Waals surface area contributed by atoms with Crippen LogP contribution < -0.4 is 0 Å². The molecule has 2 aromatic rings. The molecular formula is C14H12F2N2O3. The van der Waals surface area contributed by atoms with E-state index in [4.69, 9.17) is 5.11 Å². The molecule has 0 fully saturated rings. The summed E-state index contributed by atoms with van der Waals surface area (Å²) in [6, 6.07) is 8.11. The molecular weight excluding hydrogens is 282 g/mol. The van der Waals surface area contributed by atoms with Crippen LogP contribution in [0, 0.1) is 0 Å². The molecule has 0 atom stereocenters. The number of alkyl halides is 2. The number of ether oxygens (including phenoxy) is 1. The first-order valence-corrected chi connectivity index (χ1v) is 5.98. The van der Waals surface area contributed by atoms with Crippen LogP contribution in [-0.4, -0.2) is 34.8 Å². The van der Waals surface area contributed by atoms with Gasteiger partial charge in [0.1, 0.15) is 12.3 Å². The van der Waals surface area contributed by atoms with Gasteiger partial charge in [0, 0.05) is 12.7 Å². The Morgan fingerprint density at radius 2 is 2.00 bits per heavy atom. The van der Waals surface area contributed by atoms with E-state index in [1.165, 1.54) is 0 Å². The van der Waals surface area contributed by atoms with E-state index in [2.05, 4.69) is 14.7 Å². The van der Waals surface area contributed by atoms with Gasteiger partial charge in [0.15, 0.2) is 5.69 Å². The lowest BCUT2D eigenvalue weighted by Crippen LogP contribution is -2.24. The average molecular weight is 294 g/mol. The summed E-state index contributed by atoms with van der Waals surface area (Å²) in [6.07, 6.45) is 0.813.